The highest BCUT2D eigenvalue weighted by atomic mass is 32.2. The third kappa shape index (κ3) is 3.68. The second kappa shape index (κ2) is 6.12. The normalized spacial score (nSPS) is 14.5. The molecule has 7 nitrogen and oxygen atoms in total. The van der Waals surface area contributed by atoms with Gasteiger partial charge in [0, 0.05) is 18.5 Å². The van der Waals surface area contributed by atoms with Crippen LogP contribution < -0.4 is 0 Å². The third-order valence-electron chi connectivity index (χ3n) is 3.08. The van der Waals surface area contributed by atoms with Gasteiger partial charge in [-0.15, -0.1) is 0 Å². The lowest BCUT2D eigenvalue weighted by Crippen LogP contribution is -2.41. The van der Waals surface area contributed by atoms with Crippen LogP contribution in [0.15, 0.2) is 5.16 Å². The summed E-state index contributed by atoms with van der Waals surface area (Å²) in [5.74, 6) is -1.11. The van der Waals surface area contributed by atoms with Gasteiger partial charge in [0.05, 0.1) is 12.2 Å². The van der Waals surface area contributed by atoms with Gasteiger partial charge in [0.1, 0.15) is 5.60 Å². The molecule has 0 spiro atoms. The van der Waals surface area contributed by atoms with Gasteiger partial charge in [-0.3, -0.25) is 0 Å². The topological polar surface area (TPSA) is 92.6 Å². The van der Waals surface area contributed by atoms with Crippen molar-refractivity contribution in [2.75, 3.05) is 12.8 Å². The molecule has 0 saturated heterocycles. The van der Waals surface area contributed by atoms with Crippen LogP contribution in [0.2, 0.25) is 0 Å². The molecule has 2 heterocycles. The number of aromatic carboxylic acids is 1. The number of amides is 1. The van der Waals surface area contributed by atoms with Crippen molar-refractivity contribution in [1.82, 2.24) is 14.9 Å². The predicted molar refractivity (Wildman–Crippen MR) is 81.1 cm³/mol. The van der Waals surface area contributed by atoms with Crippen LogP contribution in [-0.4, -0.2) is 50.4 Å². The van der Waals surface area contributed by atoms with E-state index >= 15 is 0 Å². The molecular formula is C14H19N3O4S. The molecule has 0 saturated carbocycles. The number of carboxylic acid groups (broad SMARTS) is 1. The number of nitrogens with zero attached hydrogens (tertiary/aromatic N) is 3. The van der Waals surface area contributed by atoms with Gasteiger partial charge in [0.2, 0.25) is 0 Å². The van der Waals surface area contributed by atoms with Crippen LogP contribution in [0.25, 0.3) is 0 Å². The zero-order valence-corrected chi connectivity index (χ0v) is 13.9. The molecule has 0 fully saturated rings. The molecule has 1 aliphatic rings. The molecule has 0 radical (unpaired) electrons. The minimum Gasteiger partial charge on any atom is -0.476 e. The van der Waals surface area contributed by atoms with E-state index in [-0.39, 0.29) is 12.2 Å². The number of ether oxygens (including phenoxy) is 1. The molecule has 1 aromatic rings. The van der Waals surface area contributed by atoms with Gasteiger partial charge in [0.25, 0.3) is 0 Å². The Morgan fingerprint density at radius 1 is 1.32 bits per heavy atom. The van der Waals surface area contributed by atoms with Crippen LogP contribution in [0, 0.1) is 0 Å². The highest BCUT2D eigenvalue weighted by Gasteiger charge is 2.30. The molecule has 1 aliphatic heterocycles. The van der Waals surface area contributed by atoms with Gasteiger partial charge in [0.15, 0.2) is 10.9 Å². The van der Waals surface area contributed by atoms with E-state index in [1.54, 1.807) is 27.0 Å². The van der Waals surface area contributed by atoms with Crippen LogP contribution in [0.3, 0.4) is 0 Å². The first-order valence-electron chi connectivity index (χ1n) is 6.86. The molecule has 0 aromatic carbocycles. The maximum atomic E-state index is 12.1. The summed E-state index contributed by atoms with van der Waals surface area (Å²) in [6.07, 6.45) is 1.83. The number of hydrogen-bond acceptors (Lipinski definition) is 6. The average Bonchev–Trinajstić information content (AvgIpc) is 2.43. The number of hydrogen-bond donors (Lipinski definition) is 1. The quantitative estimate of drug-likeness (QED) is 0.658. The van der Waals surface area contributed by atoms with Crippen molar-refractivity contribution < 1.29 is 19.4 Å². The molecule has 8 heteroatoms. The smallest absolute Gasteiger partial charge is 0.410 e. The lowest BCUT2D eigenvalue weighted by atomic mass is 10.0. The monoisotopic (exact) mass is 325 g/mol. The highest BCUT2D eigenvalue weighted by molar-refractivity contribution is 7.98. The first-order chi connectivity index (χ1) is 10.2. The van der Waals surface area contributed by atoms with Crippen LogP contribution in [0.4, 0.5) is 4.79 Å². The third-order valence-corrected chi connectivity index (χ3v) is 3.62. The summed E-state index contributed by atoms with van der Waals surface area (Å²) in [5, 5.41) is 9.77. The fourth-order valence-electron chi connectivity index (χ4n) is 2.14. The van der Waals surface area contributed by atoms with Gasteiger partial charge in [-0.05, 0) is 27.0 Å². The molecule has 1 N–H and O–H groups in total. The summed E-state index contributed by atoms with van der Waals surface area (Å²) in [7, 11) is 0. The lowest BCUT2D eigenvalue weighted by Gasteiger charge is -2.31. The number of rotatable bonds is 2. The standard InChI is InChI=1S/C14H19N3O4S/c1-14(2,3)21-13(20)17-6-5-9-8(7-17)10(11(18)19)16-12(15-9)22-4/h5-7H2,1-4H3,(H,18,19). The fraction of sp³-hybridized carbons (Fsp3) is 0.571. The Kier molecular flexibility index (Phi) is 4.60. The molecule has 1 amide bonds. The maximum absolute atomic E-state index is 12.1. The Morgan fingerprint density at radius 2 is 2.00 bits per heavy atom. The number of thioether (sulfide) groups is 1. The molecule has 22 heavy (non-hydrogen) atoms. The van der Waals surface area contributed by atoms with E-state index < -0.39 is 17.7 Å². The van der Waals surface area contributed by atoms with Crippen LogP contribution in [0.5, 0.6) is 0 Å². The molecule has 2 rings (SSSR count). The van der Waals surface area contributed by atoms with Crippen molar-refractivity contribution >= 4 is 23.8 Å². The minimum absolute atomic E-state index is 0.0393. The Labute approximate surface area is 133 Å². The number of carbonyl (C=O) groups excluding carboxylic acids is 1. The largest absolute Gasteiger partial charge is 0.476 e. The second-order valence-corrected chi connectivity index (χ2v) is 6.71. The molecule has 0 aliphatic carbocycles. The van der Waals surface area contributed by atoms with Crippen molar-refractivity contribution in [3.63, 3.8) is 0 Å². The summed E-state index contributed by atoms with van der Waals surface area (Å²) in [4.78, 5) is 33.4. The van der Waals surface area contributed by atoms with Crippen molar-refractivity contribution in [3.8, 4) is 0 Å². The number of fused-ring (bicyclic) bond motifs is 1. The van der Waals surface area contributed by atoms with Crippen molar-refractivity contribution in [2.45, 2.75) is 44.5 Å². The maximum Gasteiger partial charge on any atom is 0.410 e. The first kappa shape index (κ1) is 16.5. The van der Waals surface area contributed by atoms with E-state index in [4.69, 9.17) is 4.74 Å². The Hall–Kier alpha value is -1.83. The van der Waals surface area contributed by atoms with Crippen LogP contribution >= 0.6 is 11.8 Å². The fourth-order valence-corrected chi connectivity index (χ4v) is 2.53. The average molecular weight is 325 g/mol. The van der Waals surface area contributed by atoms with Crippen molar-refractivity contribution in [2.24, 2.45) is 0 Å². The predicted octanol–water partition coefficient (Wildman–Crippen LogP) is 2.19. The van der Waals surface area contributed by atoms with Gasteiger partial charge in [-0.1, -0.05) is 11.8 Å². The molecular weight excluding hydrogens is 306 g/mol. The summed E-state index contributed by atoms with van der Waals surface area (Å²) >= 11 is 1.30. The van der Waals surface area contributed by atoms with Gasteiger partial charge >= 0.3 is 12.1 Å². The van der Waals surface area contributed by atoms with Crippen molar-refractivity contribution in [1.29, 1.82) is 0 Å². The summed E-state index contributed by atoms with van der Waals surface area (Å²) < 4.78 is 5.33. The minimum atomic E-state index is -1.11. The molecule has 0 unspecified atom stereocenters. The number of carbonyl (C=O) groups is 2. The number of carboxylic acids is 1. The summed E-state index contributed by atoms with van der Waals surface area (Å²) in [6, 6.07) is 0. The lowest BCUT2D eigenvalue weighted by molar-refractivity contribution is 0.0219. The Balaban J connectivity index is 2.29. The van der Waals surface area contributed by atoms with Crippen LogP contribution in [-0.2, 0) is 17.7 Å². The zero-order chi connectivity index (χ0) is 16.5. The molecule has 120 valence electrons. The van der Waals surface area contributed by atoms with E-state index in [1.165, 1.54) is 16.7 Å². The van der Waals surface area contributed by atoms with Crippen molar-refractivity contribution in [3.05, 3.63) is 17.0 Å². The molecule has 0 atom stereocenters. The Morgan fingerprint density at radius 3 is 2.55 bits per heavy atom. The zero-order valence-electron chi connectivity index (χ0n) is 13.0. The summed E-state index contributed by atoms with van der Waals surface area (Å²) in [6.45, 7) is 5.98. The molecule has 0 bridgehead atoms. The van der Waals surface area contributed by atoms with E-state index in [9.17, 15) is 14.7 Å². The van der Waals surface area contributed by atoms with E-state index in [1.807, 2.05) is 0 Å². The highest BCUT2D eigenvalue weighted by Crippen LogP contribution is 2.24. The van der Waals surface area contributed by atoms with Gasteiger partial charge < -0.3 is 14.7 Å². The van der Waals surface area contributed by atoms with Gasteiger partial charge in [-0.2, -0.15) is 0 Å². The number of aromatic nitrogens is 2. The van der Waals surface area contributed by atoms with Gasteiger partial charge in [-0.25, -0.2) is 19.6 Å². The Bertz CT molecular complexity index is 613. The van der Waals surface area contributed by atoms with E-state index in [0.29, 0.717) is 29.4 Å². The second-order valence-electron chi connectivity index (χ2n) is 5.94. The van der Waals surface area contributed by atoms with Crippen LogP contribution in [0.1, 0.15) is 42.5 Å². The van der Waals surface area contributed by atoms with E-state index in [0.717, 1.165) is 0 Å². The summed E-state index contributed by atoms with van der Waals surface area (Å²) in [5.41, 5.74) is 0.549. The first-order valence-corrected chi connectivity index (χ1v) is 8.08. The van der Waals surface area contributed by atoms with E-state index in [2.05, 4.69) is 9.97 Å². The SMILES string of the molecule is CSc1nc2c(c(C(=O)O)n1)CN(C(=O)OC(C)(C)C)CC2. The molecule has 1 aromatic heterocycles.